The predicted molar refractivity (Wildman–Crippen MR) is 105 cm³/mol. The van der Waals surface area contributed by atoms with Crippen LogP contribution in [-0.4, -0.2) is 20.3 Å². The van der Waals surface area contributed by atoms with Crippen molar-refractivity contribution in [3.63, 3.8) is 0 Å². The van der Waals surface area contributed by atoms with Crippen molar-refractivity contribution in [1.82, 2.24) is 19.7 Å². The molecule has 5 nitrogen and oxygen atoms in total. The summed E-state index contributed by atoms with van der Waals surface area (Å²) in [4.78, 5) is 12.9. The van der Waals surface area contributed by atoms with E-state index in [4.69, 9.17) is 0 Å². The summed E-state index contributed by atoms with van der Waals surface area (Å²) >= 11 is 0. The molecule has 2 heterocycles. The molecule has 1 amide bonds. The molecule has 0 atom stereocenters. The summed E-state index contributed by atoms with van der Waals surface area (Å²) in [7, 11) is 0. The highest BCUT2D eigenvalue weighted by Gasteiger charge is 2.20. The summed E-state index contributed by atoms with van der Waals surface area (Å²) in [5, 5.41) is 7.30. The highest BCUT2D eigenvalue weighted by Crippen LogP contribution is 2.20. The van der Waals surface area contributed by atoms with Gasteiger partial charge in [-0.15, -0.1) is 0 Å². The predicted octanol–water partition coefficient (Wildman–Crippen LogP) is 4.04. The molecule has 4 aromatic rings. The lowest BCUT2D eigenvalue weighted by Crippen LogP contribution is -2.24. The third kappa shape index (κ3) is 3.44. The van der Waals surface area contributed by atoms with E-state index in [2.05, 4.69) is 10.4 Å². The van der Waals surface area contributed by atoms with Crippen molar-refractivity contribution in [3.8, 4) is 11.5 Å². The Morgan fingerprint density at radius 1 is 1.07 bits per heavy atom. The van der Waals surface area contributed by atoms with Crippen LogP contribution in [0.5, 0.6) is 0 Å². The van der Waals surface area contributed by atoms with Crippen molar-refractivity contribution in [2.75, 3.05) is 0 Å². The largest absolute Gasteiger partial charge is 0.348 e. The minimum absolute atomic E-state index is 0.241. The molecule has 28 heavy (non-hydrogen) atoms. The van der Waals surface area contributed by atoms with Gasteiger partial charge in [-0.3, -0.25) is 4.79 Å². The zero-order valence-electron chi connectivity index (χ0n) is 15.3. The molecule has 0 saturated heterocycles. The van der Waals surface area contributed by atoms with Crippen LogP contribution < -0.4 is 5.32 Å². The van der Waals surface area contributed by atoms with Gasteiger partial charge in [0, 0.05) is 18.9 Å². The van der Waals surface area contributed by atoms with Crippen LogP contribution in [0.2, 0.25) is 0 Å². The summed E-state index contributed by atoms with van der Waals surface area (Å²) in [6.45, 7) is 2.43. The van der Waals surface area contributed by atoms with E-state index in [0.717, 1.165) is 11.1 Å². The first-order chi connectivity index (χ1) is 13.6. The minimum atomic E-state index is -0.364. The van der Waals surface area contributed by atoms with Gasteiger partial charge in [0.15, 0.2) is 5.82 Å². The first-order valence-corrected chi connectivity index (χ1v) is 8.93. The minimum Gasteiger partial charge on any atom is -0.348 e. The maximum atomic E-state index is 13.7. The fraction of sp³-hybridized carbons (Fsp3) is 0.0909. The zero-order valence-corrected chi connectivity index (χ0v) is 15.3. The Hall–Kier alpha value is -3.67. The molecule has 2 aromatic carbocycles. The molecule has 140 valence electrons. The summed E-state index contributed by atoms with van der Waals surface area (Å²) in [6, 6.07) is 17.7. The van der Waals surface area contributed by atoms with E-state index in [0.29, 0.717) is 23.6 Å². The van der Waals surface area contributed by atoms with Gasteiger partial charge in [-0.2, -0.15) is 5.10 Å². The van der Waals surface area contributed by atoms with Crippen molar-refractivity contribution in [2.45, 2.75) is 13.5 Å². The molecule has 0 radical (unpaired) electrons. The highest BCUT2D eigenvalue weighted by molar-refractivity contribution is 5.97. The Bertz CT molecular complexity index is 1120. The molecule has 0 spiro atoms. The first-order valence-electron chi connectivity index (χ1n) is 8.93. The Morgan fingerprint density at radius 2 is 1.86 bits per heavy atom. The average Bonchev–Trinajstić information content (AvgIpc) is 3.36. The summed E-state index contributed by atoms with van der Waals surface area (Å²) in [5.41, 5.74) is 3.12. The van der Waals surface area contributed by atoms with Crippen molar-refractivity contribution < 1.29 is 9.18 Å². The topological polar surface area (TPSA) is 51.9 Å². The Kier molecular flexibility index (Phi) is 4.76. The molecule has 0 saturated carbocycles. The Balaban J connectivity index is 1.69. The highest BCUT2D eigenvalue weighted by atomic mass is 19.1. The van der Waals surface area contributed by atoms with Crippen molar-refractivity contribution >= 4 is 5.91 Å². The van der Waals surface area contributed by atoms with E-state index in [1.807, 2.05) is 55.7 Å². The number of amides is 1. The molecule has 0 aliphatic heterocycles. The summed E-state index contributed by atoms with van der Waals surface area (Å²) in [5.74, 6) is -0.0514. The van der Waals surface area contributed by atoms with Crippen molar-refractivity contribution in [1.29, 1.82) is 0 Å². The molecule has 0 fully saturated rings. The van der Waals surface area contributed by atoms with Crippen LogP contribution in [0.3, 0.4) is 0 Å². The summed E-state index contributed by atoms with van der Waals surface area (Å²) in [6.07, 6.45) is 5.16. The molecule has 0 aliphatic carbocycles. The van der Waals surface area contributed by atoms with Gasteiger partial charge in [-0.1, -0.05) is 30.3 Å². The molecule has 0 unspecified atom stereocenters. The van der Waals surface area contributed by atoms with Crippen LogP contribution >= 0.6 is 0 Å². The maximum absolute atomic E-state index is 13.7. The molecule has 1 N–H and O–H groups in total. The second kappa shape index (κ2) is 7.52. The SMILES string of the molecule is Cc1ccccc1CNC(=O)c1cnn(-c2cccc(F)c2)c1-n1cccc1. The second-order valence-electron chi connectivity index (χ2n) is 6.47. The van der Waals surface area contributed by atoms with Crippen LogP contribution in [0.25, 0.3) is 11.5 Å². The van der Waals surface area contributed by atoms with Crippen molar-refractivity contribution in [3.05, 3.63) is 102 Å². The Labute approximate surface area is 162 Å². The number of carbonyl (C=O) groups is 1. The normalized spacial score (nSPS) is 10.8. The number of halogens is 1. The lowest BCUT2D eigenvalue weighted by molar-refractivity contribution is 0.0951. The number of aryl methyl sites for hydroxylation is 1. The monoisotopic (exact) mass is 374 g/mol. The van der Waals surface area contributed by atoms with Crippen LogP contribution in [0.4, 0.5) is 4.39 Å². The fourth-order valence-electron chi connectivity index (χ4n) is 3.10. The fourth-order valence-corrected chi connectivity index (χ4v) is 3.10. The van der Waals surface area contributed by atoms with Gasteiger partial charge in [-0.25, -0.2) is 9.07 Å². The number of hydrogen-bond donors (Lipinski definition) is 1. The van der Waals surface area contributed by atoms with Crippen LogP contribution in [-0.2, 0) is 6.54 Å². The van der Waals surface area contributed by atoms with Gasteiger partial charge in [0.1, 0.15) is 11.4 Å². The number of carbonyl (C=O) groups excluding carboxylic acids is 1. The molecular weight excluding hydrogens is 355 g/mol. The van der Waals surface area contributed by atoms with Crippen LogP contribution in [0, 0.1) is 12.7 Å². The average molecular weight is 374 g/mol. The molecular formula is C22H19FN4O. The number of nitrogens with one attached hydrogen (secondary N) is 1. The summed E-state index contributed by atoms with van der Waals surface area (Å²) < 4.78 is 17.1. The lowest BCUT2D eigenvalue weighted by Gasteiger charge is -2.12. The molecule has 6 heteroatoms. The van der Waals surface area contributed by atoms with E-state index >= 15 is 0 Å². The number of hydrogen-bond acceptors (Lipinski definition) is 2. The number of rotatable bonds is 5. The first kappa shape index (κ1) is 17.7. The van der Waals surface area contributed by atoms with E-state index in [1.165, 1.54) is 18.3 Å². The van der Waals surface area contributed by atoms with Gasteiger partial charge in [0.25, 0.3) is 5.91 Å². The third-order valence-electron chi connectivity index (χ3n) is 4.59. The van der Waals surface area contributed by atoms with Gasteiger partial charge in [0.2, 0.25) is 0 Å². The van der Waals surface area contributed by atoms with Gasteiger partial charge in [-0.05, 0) is 48.4 Å². The van der Waals surface area contributed by atoms with Gasteiger partial charge >= 0.3 is 0 Å². The second-order valence-corrected chi connectivity index (χ2v) is 6.47. The van der Waals surface area contributed by atoms with Gasteiger partial charge in [0.05, 0.1) is 11.9 Å². The molecule has 2 aromatic heterocycles. The van der Waals surface area contributed by atoms with E-state index in [9.17, 15) is 9.18 Å². The van der Waals surface area contributed by atoms with Gasteiger partial charge < -0.3 is 9.88 Å². The lowest BCUT2D eigenvalue weighted by atomic mass is 10.1. The van der Waals surface area contributed by atoms with E-state index in [-0.39, 0.29) is 11.7 Å². The molecule has 4 rings (SSSR count). The smallest absolute Gasteiger partial charge is 0.256 e. The quantitative estimate of drug-likeness (QED) is 0.573. The standard InChI is InChI=1S/C22H19FN4O/c1-16-7-2-3-8-17(16)14-24-21(28)20-15-25-27(19-10-6-9-18(23)13-19)22(20)26-11-4-5-12-26/h2-13,15H,14H2,1H3,(H,24,28). The number of nitrogens with zero attached hydrogens (tertiary/aromatic N) is 3. The molecule has 0 bridgehead atoms. The molecule has 0 aliphatic rings. The zero-order chi connectivity index (χ0) is 19.5. The van der Waals surface area contributed by atoms with Crippen molar-refractivity contribution in [2.24, 2.45) is 0 Å². The van der Waals surface area contributed by atoms with E-state index in [1.54, 1.807) is 21.4 Å². The number of aromatic nitrogens is 3. The van der Waals surface area contributed by atoms with E-state index < -0.39 is 0 Å². The maximum Gasteiger partial charge on any atom is 0.256 e. The third-order valence-corrected chi connectivity index (χ3v) is 4.59. The Morgan fingerprint density at radius 3 is 2.61 bits per heavy atom. The number of benzene rings is 2. The van der Waals surface area contributed by atoms with Crippen LogP contribution in [0.15, 0.2) is 79.3 Å². The van der Waals surface area contributed by atoms with Crippen LogP contribution in [0.1, 0.15) is 21.5 Å².